The predicted molar refractivity (Wildman–Crippen MR) is 93.0 cm³/mol. The van der Waals surface area contributed by atoms with Crippen LogP contribution in [0.4, 0.5) is 5.82 Å². The van der Waals surface area contributed by atoms with E-state index in [-0.39, 0.29) is 0 Å². The van der Waals surface area contributed by atoms with Crippen LogP contribution in [0.2, 0.25) is 0 Å². The van der Waals surface area contributed by atoms with Gasteiger partial charge in [-0.15, -0.1) is 5.10 Å². The minimum atomic E-state index is 0.388. The topological polar surface area (TPSA) is 58.3 Å². The Labute approximate surface area is 133 Å². The number of thiocarbonyl (C=S) groups is 1. The fourth-order valence-corrected chi connectivity index (χ4v) is 2.40. The summed E-state index contributed by atoms with van der Waals surface area (Å²) in [5.74, 6) is 1.33. The Morgan fingerprint density at radius 2 is 1.81 bits per heavy atom. The van der Waals surface area contributed by atoms with E-state index >= 15 is 0 Å². The molecule has 1 aromatic heterocycles. The van der Waals surface area contributed by atoms with Crippen molar-refractivity contribution >= 4 is 23.0 Å². The van der Waals surface area contributed by atoms with Crippen molar-refractivity contribution < 1.29 is 0 Å². The molecule has 1 heterocycles. The van der Waals surface area contributed by atoms with E-state index in [1.807, 2.05) is 13.8 Å². The van der Waals surface area contributed by atoms with Crippen LogP contribution in [-0.4, -0.2) is 53.8 Å². The molecule has 5 nitrogen and oxygen atoms in total. The maximum atomic E-state index is 5.94. The van der Waals surface area contributed by atoms with Gasteiger partial charge >= 0.3 is 0 Å². The maximum absolute atomic E-state index is 5.94. The molecule has 0 atom stereocenters. The molecule has 0 radical (unpaired) electrons. The van der Waals surface area contributed by atoms with Gasteiger partial charge in [0.1, 0.15) is 4.99 Å². The second-order valence-corrected chi connectivity index (χ2v) is 6.56. The van der Waals surface area contributed by atoms with E-state index < -0.39 is 0 Å². The van der Waals surface area contributed by atoms with Gasteiger partial charge in [0.15, 0.2) is 5.82 Å². The van der Waals surface area contributed by atoms with E-state index in [1.54, 1.807) is 0 Å². The molecule has 0 spiro atoms. The number of hydrogen-bond donors (Lipinski definition) is 1. The maximum Gasteiger partial charge on any atom is 0.161 e. The molecule has 0 aromatic carbocycles. The average Bonchev–Trinajstić information content (AvgIpc) is 2.36. The van der Waals surface area contributed by atoms with Gasteiger partial charge in [-0.2, -0.15) is 5.10 Å². The van der Waals surface area contributed by atoms with E-state index in [1.165, 1.54) is 0 Å². The van der Waals surface area contributed by atoms with Crippen molar-refractivity contribution in [1.82, 2.24) is 15.1 Å². The highest BCUT2D eigenvalue weighted by Gasteiger charge is 2.20. The zero-order chi connectivity index (χ0) is 16.2. The first-order valence-corrected chi connectivity index (χ1v) is 7.68. The molecular formula is C15H27N5S. The zero-order valence-electron chi connectivity index (χ0n) is 14.0. The minimum absolute atomic E-state index is 0.388. The molecule has 2 N–H and O–H groups in total. The number of aromatic nitrogens is 2. The standard InChI is InChI=1S/C15H27N5S/c1-10(2)9-20(8-7-19(5)6)15-13(14(16)21)11(3)12(4)17-18-15/h10H,7-9H2,1-6H3,(H2,16,21). The summed E-state index contributed by atoms with van der Waals surface area (Å²) in [6.07, 6.45) is 0. The van der Waals surface area contributed by atoms with Gasteiger partial charge in [0.05, 0.1) is 11.3 Å². The molecule has 0 bridgehead atoms. The van der Waals surface area contributed by atoms with Gasteiger partial charge in [0.2, 0.25) is 0 Å². The van der Waals surface area contributed by atoms with Crippen molar-refractivity contribution in [3.8, 4) is 0 Å². The lowest BCUT2D eigenvalue weighted by atomic mass is 10.1. The second kappa shape index (κ2) is 7.66. The van der Waals surface area contributed by atoms with Crippen molar-refractivity contribution in [2.24, 2.45) is 11.7 Å². The molecule has 1 aromatic rings. The average molecular weight is 309 g/mol. The molecule has 6 heteroatoms. The minimum Gasteiger partial charge on any atom is -0.389 e. The molecule has 0 saturated heterocycles. The lowest BCUT2D eigenvalue weighted by Crippen LogP contribution is -2.37. The largest absolute Gasteiger partial charge is 0.389 e. The molecular weight excluding hydrogens is 282 g/mol. The van der Waals surface area contributed by atoms with Gasteiger partial charge in [-0.05, 0) is 39.4 Å². The number of nitrogens with two attached hydrogens (primary N) is 1. The van der Waals surface area contributed by atoms with Crippen molar-refractivity contribution in [1.29, 1.82) is 0 Å². The summed E-state index contributed by atoms with van der Waals surface area (Å²) in [5.41, 5.74) is 8.69. The van der Waals surface area contributed by atoms with Crippen LogP contribution in [0, 0.1) is 19.8 Å². The number of nitrogens with zero attached hydrogens (tertiary/aromatic N) is 4. The third-order valence-corrected chi connectivity index (χ3v) is 3.59. The Morgan fingerprint density at radius 1 is 1.19 bits per heavy atom. The lowest BCUT2D eigenvalue weighted by Gasteiger charge is -2.29. The van der Waals surface area contributed by atoms with Crippen LogP contribution in [0.15, 0.2) is 0 Å². The fourth-order valence-electron chi connectivity index (χ4n) is 2.16. The Balaban J connectivity index is 3.22. The normalized spacial score (nSPS) is 11.2. The van der Waals surface area contributed by atoms with Crippen LogP contribution in [0.3, 0.4) is 0 Å². The van der Waals surface area contributed by atoms with Crippen LogP contribution in [-0.2, 0) is 0 Å². The van der Waals surface area contributed by atoms with E-state index in [9.17, 15) is 0 Å². The zero-order valence-corrected chi connectivity index (χ0v) is 14.8. The molecule has 0 aliphatic rings. The smallest absolute Gasteiger partial charge is 0.161 e. The fraction of sp³-hybridized carbons (Fsp3) is 0.667. The highest BCUT2D eigenvalue weighted by atomic mass is 32.1. The summed E-state index contributed by atoms with van der Waals surface area (Å²) in [5, 5.41) is 8.64. The molecule has 1 rings (SSSR count). The third-order valence-electron chi connectivity index (χ3n) is 3.38. The predicted octanol–water partition coefficient (Wildman–Crippen LogP) is 1.75. The van der Waals surface area contributed by atoms with Gasteiger partial charge in [-0.1, -0.05) is 26.1 Å². The summed E-state index contributed by atoms with van der Waals surface area (Å²) in [6.45, 7) is 11.0. The number of rotatable bonds is 7. The summed E-state index contributed by atoms with van der Waals surface area (Å²) < 4.78 is 0. The van der Waals surface area contributed by atoms with E-state index in [0.717, 1.165) is 42.3 Å². The van der Waals surface area contributed by atoms with Crippen LogP contribution >= 0.6 is 12.2 Å². The van der Waals surface area contributed by atoms with Crippen LogP contribution in [0.25, 0.3) is 0 Å². The number of aryl methyl sites for hydroxylation is 1. The van der Waals surface area contributed by atoms with Crippen molar-refractivity contribution in [3.63, 3.8) is 0 Å². The summed E-state index contributed by atoms with van der Waals surface area (Å²) in [7, 11) is 4.13. The SMILES string of the molecule is Cc1nnc(N(CCN(C)C)CC(C)C)c(C(N)=S)c1C. The van der Waals surface area contributed by atoms with Gasteiger partial charge < -0.3 is 15.5 Å². The second-order valence-electron chi connectivity index (χ2n) is 6.12. The van der Waals surface area contributed by atoms with Gasteiger partial charge in [0.25, 0.3) is 0 Å². The molecule has 0 fully saturated rings. The van der Waals surface area contributed by atoms with Crippen LogP contribution < -0.4 is 10.6 Å². The molecule has 0 aliphatic carbocycles. The summed E-state index contributed by atoms with van der Waals surface area (Å²) >= 11 is 5.24. The first-order valence-electron chi connectivity index (χ1n) is 7.27. The summed E-state index contributed by atoms with van der Waals surface area (Å²) in [4.78, 5) is 4.78. The number of anilines is 1. The Bertz CT molecular complexity index is 499. The van der Waals surface area contributed by atoms with E-state index in [2.05, 4.69) is 47.9 Å². The third kappa shape index (κ3) is 4.89. The van der Waals surface area contributed by atoms with E-state index in [0.29, 0.717) is 10.9 Å². The van der Waals surface area contributed by atoms with Crippen molar-refractivity contribution in [2.45, 2.75) is 27.7 Å². The Kier molecular flexibility index (Phi) is 6.48. The number of hydrogen-bond acceptors (Lipinski definition) is 5. The quantitative estimate of drug-likeness (QED) is 0.775. The monoisotopic (exact) mass is 309 g/mol. The van der Waals surface area contributed by atoms with Crippen molar-refractivity contribution in [2.75, 3.05) is 38.6 Å². The molecule has 0 amide bonds. The van der Waals surface area contributed by atoms with Gasteiger partial charge in [0, 0.05) is 19.6 Å². The molecule has 0 unspecified atom stereocenters. The molecule has 118 valence electrons. The lowest BCUT2D eigenvalue weighted by molar-refractivity contribution is 0.408. The van der Waals surface area contributed by atoms with Crippen LogP contribution in [0.1, 0.15) is 30.7 Å². The first kappa shape index (κ1) is 17.8. The Morgan fingerprint density at radius 3 is 2.29 bits per heavy atom. The first-order chi connectivity index (χ1) is 9.73. The van der Waals surface area contributed by atoms with Crippen molar-refractivity contribution in [3.05, 3.63) is 16.8 Å². The Hall–Kier alpha value is -1.27. The van der Waals surface area contributed by atoms with Crippen LogP contribution in [0.5, 0.6) is 0 Å². The highest BCUT2D eigenvalue weighted by molar-refractivity contribution is 7.80. The molecule has 21 heavy (non-hydrogen) atoms. The van der Waals surface area contributed by atoms with Gasteiger partial charge in [-0.3, -0.25) is 0 Å². The summed E-state index contributed by atoms with van der Waals surface area (Å²) in [6, 6.07) is 0. The number of likely N-dealkylation sites (N-methyl/N-ethyl adjacent to an activating group) is 1. The highest BCUT2D eigenvalue weighted by Crippen LogP contribution is 2.23. The van der Waals surface area contributed by atoms with Gasteiger partial charge in [-0.25, -0.2) is 0 Å². The molecule has 0 saturated carbocycles. The molecule has 0 aliphatic heterocycles. The van der Waals surface area contributed by atoms with E-state index in [4.69, 9.17) is 18.0 Å².